The molecule has 1 aliphatic heterocycles. The predicted octanol–water partition coefficient (Wildman–Crippen LogP) is 1.69. The third-order valence-corrected chi connectivity index (χ3v) is 4.55. The molecule has 1 aliphatic carbocycles. The molecule has 6 heteroatoms. The number of aromatic nitrogens is 2. The van der Waals surface area contributed by atoms with Gasteiger partial charge in [0.15, 0.2) is 0 Å². The quantitative estimate of drug-likeness (QED) is 0.850. The molecule has 1 atom stereocenters. The van der Waals surface area contributed by atoms with E-state index in [1.54, 1.807) is 0 Å². The van der Waals surface area contributed by atoms with Crippen molar-refractivity contribution in [3.63, 3.8) is 0 Å². The normalized spacial score (nSPS) is 21.5. The van der Waals surface area contributed by atoms with Crippen LogP contribution < -0.4 is 10.6 Å². The molecule has 0 radical (unpaired) electrons. The van der Waals surface area contributed by atoms with Gasteiger partial charge in [-0.1, -0.05) is 30.4 Å². The SMILES string of the molecule is O=c1sn(CC2=CCC=CC=C2)c(=O)n1CC1CCCO1. The maximum Gasteiger partial charge on any atom is 0.341 e. The van der Waals surface area contributed by atoms with Crippen molar-refractivity contribution in [1.82, 2.24) is 8.52 Å². The number of hydrogen-bond donors (Lipinski definition) is 0. The molecule has 2 aliphatic rings. The molecule has 1 aromatic rings. The van der Waals surface area contributed by atoms with Gasteiger partial charge in [-0.05, 0) is 24.8 Å². The second-order valence-corrected chi connectivity index (χ2v) is 6.20. The van der Waals surface area contributed by atoms with Crippen LogP contribution in [-0.4, -0.2) is 21.2 Å². The lowest BCUT2D eigenvalue weighted by atomic mass is 10.2. The summed E-state index contributed by atoms with van der Waals surface area (Å²) < 4.78 is 8.34. The van der Waals surface area contributed by atoms with Crippen LogP contribution in [0.4, 0.5) is 0 Å². The summed E-state index contributed by atoms with van der Waals surface area (Å²) in [4.78, 5) is 24.2. The van der Waals surface area contributed by atoms with Crippen molar-refractivity contribution in [2.75, 3.05) is 6.61 Å². The third-order valence-electron chi connectivity index (χ3n) is 3.66. The van der Waals surface area contributed by atoms with Gasteiger partial charge in [-0.25, -0.2) is 13.3 Å². The highest BCUT2D eigenvalue weighted by atomic mass is 32.1. The van der Waals surface area contributed by atoms with E-state index < -0.39 is 0 Å². The Balaban J connectivity index is 1.79. The molecule has 2 heterocycles. The maximum atomic E-state index is 12.4. The predicted molar refractivity (Wildman–Crippen MR) is 82.8 cm³/mol. The van der Waals surface area contributed by atoms with E-state index in [9.17, 15) is 9.59 Å². The highest BCUT2D eigenvalue weighted by Crippen LogP contribution is 2.13. The average Bonchev–Trinajstić information content (AvgIpc) is 2.97. The minimum atomic E-state index is -0.230. The Kier molecular flexibility index (Phi) is 4.36. The van der Waals surface area contributed by atoms with Crippen LogP contribution >= 0.6 is 11.5 Å². The summed E-state index contributed by atoms with van der Waals surface area (Å²) >= 11 is 0.986. The zero-order valence-electron chi connectivity index (χ0n) is 11.7. The van der Waals surface area contributed by atoms with E-state index in [-0.39, 0.29) is 16.7 Å². The van der Waals surface area contributed by atoms with E-state index in [0.717, 1.165) is 43.0 Å². The molecule has 0 amide bonds. The van der Waals surface area contributed by atoms with Gasteiger partial charge in [-0.15, -0.1) is 0 Å². The van der Waals surface area contributed by atoms with Gasteiger partial charge in [0.1, 0.15) is 0 Å². The molecule has 112 valence electrons. The average molecular weight is 306 g/mol. The molecule has 0 bridgehead atoms. The minimum absolute atomic E-state index is 0.000332. The lowest BCUT2D eigenvalue weighted by molar-refractivity contribution is 0.0954. The van der Waals surface area contributed by atoms with Gasteiger partial charge in [0.25, 0.3) is 0 Å². The smallest absolute Gasteiger partial charge is 0.341 e. The van der Waals surface area contributed by atoms with Crippen molar-refractivity contribution in [2.24, 2.45) is 0 Å². The Morgan fingerprint density at radius 1 is 1.33 bits per heavy atom. The van der Waals surface area contributed by atoms with Crippen LogP contribution in [0.5, 0.6) is 0 Å². The summed E-state index contributed by atoms with van der Waals surface area (Å²) in [6.07, 6.45) is 12.8. The van der Waals surface area contributed by atoms with Crippen LogP contribution in [0.3, 0.4) is 0 Å². The number of ether oxygens (including phenoxy) is 1. The molecule has 1 saturated heterocycles. The molecule has 0 saturated carbocycles. The van der Waals surface area contributed by atoms with Gasteiger partial charge in [0.05, 0.1) is 19.2 Å². The summed E-state index contributed by atoms with van der Waals surface area (Å²) in [5.41, 5.74) is 0.819. The van der Waals surface area contributed by atoms with E-state index in [1.165, 1.54) is 8.52 Å². The van der Waals surface area contributed by atoms with Gasteiger partial charge in [-0.3, -0.25) is 4.79 Å². The summed E-state index contributed by atoms with van der Waals surface area (Å²) in [6, 6.07) is 0. The minimum Gasteiger partial charge on any atom is -0.376 e. The lowest BCUT2D eigenvalue weighted by Crippen LogP contribution is -2.33. The van der Waals surface area contributed by atoms with Gasteiger partial charge in [0.2, 0.25) is 0 Å². The summed E-state index contributed by atoms with van der Waals surface area (Å²) in [6.45, 7) is 1.55. The largest absolute Gasteiger partial charge is 0.376 e. The molecular formula is C15H18N2O3S. The van der Waals surface area contributed by atoms with Crippen LogP contribution in [0.2, 0.25) is 0 Å². The fourth-order valence-corrected chi connectivity index (χ4v) is 3.38. The fraction of sp³-hybridized carbons (Fsp3) is 0.467. The Bertz CT molecular complexity index is 699. The topological polar surface area (TPSA) is 53.2 Å². The molecule has 3 rings (SSSR count). The van der Waals surface area contributed by atoms with E-state index in [0.29, 0.717) is 13.1 Å². The summed E-state index contributed by atoms with van der Waals surface area (Å²) in [5, 5.41) is 0. The molecule has 0 aromatic carbocycles. The molecule has 1 aromatic heterocycles. The molecule has 0 spiro atoms. The van der Waals surface area contributed by atoms with Gasteiger partial charge in [0, 0.05) is 18.1 Å². The van der Waals surface area contributed by atoms with E-state index in [1.807, 2.05) is 18.2 Å². The van der Waals surface area contributed by atoms with Crippen LogP contribution in [-0.2, 0) is 17.8 Å². The van der Waals surface area contributed by atoms with Crippen molar-refractivity contribution in [2.45, 2.75) is 38.5 Å². The zero-order chi connectivity index (χ0) is 14.7. The first-order valence-electron chi connectivity index (χ1n) is 7.19. The second kappa shape index (κ2) is 6.41. The Labute approximate surface area is 126 Å². The Morgan fingerprint density at radius 3 is 3.05 bits per heavy atom. The van der Waals surface area contributed by atoms with Crippen molar-refractivity contribution < 1.29 is 4.74 Å². The van der Waals surface area contributed by atoms with Crippen LogP contribution in [0.15, 0.2) is 45.5 Å². The zero-order valence-corrected chi connectivity index (χ0v) is 12.6. The van der Waals surface area contributed by atoms with Gasteiger partial charge in [-0.2, -0.15) is 0 Å². The summed E-state index contributed by atoms with van der Waals surface area (Å²) in [7, 11) is 0. The van der Waals surface area contributed by atoms with E-state index in [2.05, 4.69) is 12.2 Å². The molecule has 0 N–H and O–H groups in total. The fourth-order valence-electron chi connectivity index (χ4n) is 2.55. The second-order valence-electron chi connectivity index (χ2n) is 5.22. The third kappa shape index (κ3) is 3.33. The lowest BCUT2D eigenvalue weighted by Gasteiger charge is -2.07. The first-order valence-corrected chi connectivity index (χ1v) is 7.96. The molecule has 5 nitrogen and oxygen atoms in total. The molecule has 1 unspecified atom stereocenters. The van der Waals surface area contributed by atoms with Crippen LogP contribution in [0.25, 0.3) is 0 Å². The van der Waals surface area contributed by atoms with Crippen LogP contribution in [0.1, 0.15) is 19.3 Å². The molecule has 1 fully saturated rings. The number of nitrogens with zero attached hydrogens (tertiary/aromatic N) is 2. The first kappa shape index (κ1) is 14.3. The number of allylic oxidation sites excluding steroid dienone is 6. The number of hydrogen-bond acceptors (Lipinski definition) is 4. The van der Waals surface area contributed by atoms with E-state index in [4.69, 9.17) is 4.74 Å². The standard InChI is InChI=1S/C15H18N2O3S/c18-14-16(11-13-8-5-9-20-13)15(19)21-17(14)10-12-6-3-1-2-4-7-12/h1-3,6-7,13H,4-5,8-11H2. The number of rotatable bonds is 4. The monoisotopic (exact) mass is 306 g/mol. The molecule has 21 heavy (non-hydrogen) atoms. The highest BCUT2D eigenvalue weighted by molar-refractivity contribution is 7.03. The van der Waals surface area contributed by atoms with Crippen LogP contribution in [0, 0.1) is 0 Å². The van der Waals surface area contributed by atoms with Crippen molar-refractivity contribution in [3.05, 3.63) is 56.1 Å². The van der Waals surface area contributed by atoms with Crippen molar-refractivity contribution in [1.29, 1.82) is 0 Å². The van der Waals surface area contributed by atoms with Crippen molar-refractivity contribution >= 4 is 11.5 Å². The maximum absolute atomic E-state index is 12.4. The van der Waals surface area contributed by atoms with Crippen molar-refractivity contribution in [3.8, 4) is 0 Å². The molecular weight excluding hydrogens is 288 g/mol. The first-order chi connectivity index (χ1) is 10.2. The van der Waals surface area contributed by atoms with Gasteiger partial charge < -0.3 is 4.74 Å². The Hall–Kier alpha value is -1.66. The summed E-state index contributed by atoms with van der Waals surface area (Å²) in [5.74, 6) is 0. The highest BCUT2D eigenvalue weighted by Gasteiger charge is 2.20. The van der Waals surface area contributed by atoms with E-state index >= 15 is 0 Å². The Morgan fingerprint density at radius 2 is 2.24 bits per heavy atom. The van der Waals surface area contributed by atoms with Gasteiger partial charge >= 0.3 is 10.6 Å².